The number of ether oxygens (including phenoxy) is 1. The summed E-state index contributed by atoms with van der Waals surface area (Å²) in [6.45, 7) is 7.78. The second kappa shape index (κ2) is 7.50. The summed E-state index contributed by atoms with van der Waals surface area (Å²) in [5, 5.41) is 3.17. The van der Waals surface area contributed by atoms with Crippen molar-refractivity contribution in [2.24, 2.45) is 0 Å². The average molecular weight is 362 g/mol. The van der Waals surface area contributed by atoms with Crippen molar-refractivity contribution in [2.45, 2.75) is 13.8 Å². The molecule has 0 atom stereocenters. The quantitative estimate of drug-likeness (QED) is 0.629. The molecule has 0 bridgehead atoms. The fraction of sp³-hybridized carbons (Fsp3) is 0.182. The van der Waals surface area contributed by atoms with Crippen molar-refractivity contribution in [1.29, 1.82) is 0 Å². The minimum absolute atomic E-state index is 0.162. The number of rotatable bonds is 6. The van der Waals surface area contributed by atoms with Crippen LogP contribution in [0.1, 0.15) is 16.7 Å². The molecule has 0 unspecified atom stereocenters. The van der Waals surface area contributed by atoms with Gasteiger partial charge < -0.3 is 10.1 Å². The van der Waals surface area contributed by atoms with Gasteiger partial charge in [0, 0.05) is 12.2 Å². The number of methoxy groups -OCH3 is 1. The molecule has 0 saturated heterocycles. The topological polar surface area (TPSA) is 58.6 Å². The lowest BCUT2D eigenvalue weighted by molar-refractivity contribution is -0.136. The summed E-state index contributed by atoms with van der Waals surface area (Å²) in [5.41, 5.74) is 4.20. The molecule has 5 heteroatoms. The van der Waals surface area contributed by atoms with Crippen molar-refractivity contribution in [2.75, 3.05) is 19.0 Å². The van der Waals surface area contributed by atoms with Crippen LogP contribution in [0.5, 0.6) is 5.75 Å². The van der Waals surface area contributed by atoms with Crippen molar-refractivity contribution in [3.8, 4) is 5.75 Å². The van der Waals surface area contributed by atoms with E-state index in [4.69, 9.17) is 4.74 Å². The molecule has 1 N–H and O–H groups in total. The van der Waals surface area contributed by atoms with Crippen molar-refractivity contribution < 1.29 is 14.3 Å². The van der Waals surface area contributed by atoms with Gasteiger partial charge in [-0.05, 0) is 54.8 Å². The van der Waals surface area contributed by atoms with Crippen LogP contribution >= 0.6 is 0 Å². The summed E-state index contributed by atoms with van der Waals surface area (Å²) >= 11 is 0. The van der Waals surface area contributed by atoms with Gasteiger partial charge in [0.05, 0.1) is 12.7 Å². The van der Waals surface area contributed by atoms with Gasteiger partial charge in [-0.25, -0.2) is 0 Å². The number of hydrogen-bond acceptors (Lipinski definition) is 4. The summed E-state index contributed by atoms with van der Waals surface area (Å²) in [6.07, 6.45) is 1.54. The van der Waals surface area contributed by atoms with Gasteiger partial charge in [-0.1, -0.05) is 24.3 Å². The molecule has 0 aliphatic carbocycles. The maximum absolute atomic E-state index is 12.9. The Morgan fingerprint density at radius 2 is 1.67 bits per heavy atom. The number of nitrogens with one attached hydrogen (secondary N) is 1. The highest BCUT2D eigenvalue weighted by Crippen LogP contribution is 2.31. The predicted octanol–water partition coefficient (Wildman–Crippen LogP) is 3.69. The van der Waals surface area contributed by atoms with Crippen LogP contribution < -0.4 is 10.1 Å². The number of benzene rings is 2. The highest BCUT2D eigenvalue weighted by Gasteiger charge is 2.38. The molecule has 0 radical (unpaired) electrons. The fourth-order valence-electron chi connectivity index (χ4n) is 3.20. The standard InChI is InChI=1S/C22H22N2O3/c1-5-10-24-21(25)19(16-6-8-18(27-4)9-7-16)20(22(24)26)23-17-12-14(2)11-15(3)13-17/h5-9,11-13,23H,1,10H2,2-4H3. The smallest absolute Gasteiger partial charge is 0.278 e. The highest BCUT2D eigenvalue weighted by atomic mass is 16.5. The van der Waals surface area contributed by atoms with Crippen molar-refractivity contribution in [3.63, 3.8) is 0 Å². The van der Waals surface area contributed by atoms with Crippen LogP contribution in [0.2, 0.25) is 0 Å². The van der Waals surface area contributed by atoms with E-state index in [-0.39, 0.29) is 24.1 Å². The number of anilines is 1. The van der Waals surface area contributed by atoms with Crippen LogP contribution in [0.15, 0.2) is 60.8 Å². The molecule has 0 aromatic heterocycles. The Hall–Kier alpha value is -3.34. The molecule has 1 aliphatic rings. The second-order valence-electron chi connectivity index (χ2n) is 6.49. The average Bonchev–Trinajstić information content (AvgIpc) is 2.86. The molecule has 138 valence electrons. The van der Waals surface area contributed by atoms with E-state index in [1.54, 1.807) is 37.5 Å². The summed E-state index contributed by atoms with van der Waals surface area (Å²) in [5.74, 6) is -0.00953. The molecule has 0 fully saturated rings. The molecule has 0 saturated carbocycles. The Kier molecular flexibility index (Phi) is 5.12. The van der Waals surface area contributed by atoms with E-state index in [0.29, 0.717) is 16.9 Å². The lowest BCUT2D eigenvalue weighted by Crippen LogP contribution is -2.32. The number of carbonyl (C=O) groups is 2. The molecular formula is C22H22N2O3. The molecule has 5 nitrogen and oxygen atoms in total. The van der Waals surface area contributed by atoms with Gasteiger partial charge in [-0.3, -0.25) is 14.5 Å². The zero-order chi connectivity index (χ0) is 19.6. The third kappa shape index (κ3) is 3.62. The summed E-state index contributed by atoms with van der Waals surface area (Å²) in [6, 6.07) is 13.0. The van der Waals surface area contributed by atoms with Crippen molar-refractivity contribution >= 4 is 23.1 Å². The maximum atomic E-state index is 12.9. The zero-order valence-corrected chi connectivity index (χ0v) is 15.7. The molecule has 1 heterocycles. The van der Waals surface area contributed by atoms with Gasteiger partial charge in [0.2, 0.25) is 0 Å². The molecule has 2 aromatic rings. The molecule has 0 spiro atoms. The minimum atomic E-state index is -0.357. The summed E-state index contributed by atoms with van der Waals surface area (Å²) in [7, 11) is 1.58. The van der Waals surface area contributed by atoms with Gasteiger partial charge in [0.25, 0.3) is 11.8 Å². The van der Waals surface area contributed by atoms with Crippen LogP contribution in [-0.4, -0.2) is 30.4 Å². The van der Waals surface area contributed by atoms with Gasteiger partial charge in [0.1, 0.15) is 11.4 Å². The fourth-order valence-corrected chi connectivity index (χ4v) is 3.20. The van der Waals surface area contributed by atoms with Crippen LogP contribution in [0.3, 0.4) is 0 Å². The number of hydrogen-bond donors (Lipinski definition) is 1. The molecule has 2 aromatic carbocycles. The number of carbonyl (C=O) groups excluding carboxylic acids is 2. The molecular weight excluding hydrogens is 340 g/mol. The van der Waals surface area contributed by atoms with Crippen LogP contribution in [-0.2, 0) is 9.59 Å². The molecule has 1 aliphatic heterocycles. The number of amides is 2. The first-order valence-electron chi connectivity index (χ1n) is 8.65. The maximum Gasteiger partial charge on any atom is 0.278 e. The minimum Gasteiger partial charge on any atom is -0.497 e. The van der Waals surface area contributed by atoms with Crippen LogP contribution in [0.4, 0.5) is 5.69 Å². The number of aryl methyl sites for hydroxylation is 2. The van der Waals surface area contributed by atoms with E-state index in [2.05, 4.69) is 18.0 Å². The first-order chi connectivity index (χ1) is 12.9. The van der Waals surface area contributed by atoms with Crippen LogP contribution in [0.25, 0.3) is 5.57 Å². The highest BCUT2D eigenvalue weighted by molar-refractivity contribution is 6.36. The van der Waals surface area contributed by atoms with E-state index in [9.17, 15) is 9.59 Å². The predicted molar refractivity (Wildman–Crippen MR) is 106 cm³/mol. The summed E-state index contributed by atoms with van der Waals surface area (Å²) in [4.78, 5) is 27.0. The van der Waals surface area contributed by atoms with Crippen LogP contribution in [0, 0.1) is 13.8 Å². The van der Waals surface area contributed by atoms with E-state index in [1.807, 2.05) is 26.0 Å². The molecule has 3 rings (SSSR count). The Balaban J connectivity index is 2.08. The lowest BCUT2D eigenvalue weighted by atomic mass is 10.0. The Bertz CT molecular complexity index is 922. The Labute approximate surface area is 158 Å². The third-order valence-electron chi connectivity index (χ3n) is 4.35. The van der Waals surface area contributed by atoms with E-state index in [0.717, 1.165) is 16.8 Å². The van der Waals surface area contributed by atoms with Gasteiger partial charge in [0.15, 0.2) is 0 Å². The second-order valence-corrected chi connectivity index (χ2v) is 6.49. The zero-order valence-electron chi connectivity index (χ0n) is 15.7. The summed E-state index contributed by atoms with van der Waals surface area (Å²) < 4.78 is 5.18. The van der Waals surface area contributed by atoms with E-state index in [1.165, 1.54) is 4.90 Å². The Morgan fingerprint density at radius 1 is 1.04 bits per heavy atom. The third-order valence-corrected chi connectivity index (χ3v) is 4.35. The first kappa shape index (κ1) is 18.5. The normalized spacial score (nSPS) is 14.0. The SMILES string of the molecule is C=CCN1C(=O)C(Nc2cc(C)cc(C)c2)=C(c2ccc(OC)cc2)C1=O. The lowest BCUT2D eigenvalue weighted by Gasteiger charge is -2.13. The monoisotopic (exact) mass is 362 g/mol. The number of nitrogens with zero attached hydrogens (tertiary/aromatic N) is 1. The Morgan fingerprint density at radius 3 is 2.22 bits per heavy atom. The van der Waals surface area contributed by atoms with Crippen molar-refractivity contribution in [3.05, 3.63) is 77.5 Å². The molecule has 27 heavy (non-hydrogen) atoms. The van der Waals surface area contributed by atoms with Crippen molar-refractivity contribution in [1.82, 2.24) is 4.90 Å². The first-order valence-corrected chi connectivity index (χ1v) is 8.65. The number of imide groups is 1. The van der Waals surface area contributed by atoms with Gasteiger partial charge in [-0.15, -0.1) is 6.58 Å². The molecule has 2 amide bonds. The largest absolute Gasteiger partial charge is 0.497 e. The van der Waals surface area contributed by atoms with Gasteiger partial charge in [-0.2, -0.15) is 0 Å². The van der Waals surface area contributed by atoms with E-state index < -0.39 is 0 Å². The van der Waals surface area contributed by atoms with E-state index >= 15 is 0 Å². The van der Waals surface area contributed by atoms with Gasteiger partial charge >= 0.3 is 0 Å².